The molecule has 3 rings (SSSR count). The Morgan fingerprint density at radius 3 is 1.92 bits per heavy atom. The van der Waals surface area contributed by atoms with E-state index in [0.717, 1.165) is 22.3 Å². The summed E-state index contributed by atoms with van der Waals surface area (Å²) in [5.41, 5.74) is 10.8. The molecular weight excluding hydrogens is 472 g/mol. The lowest BCUT2D eigenvalue weighted by Gasteiger charge is -2.14. The second kappa shape index (κ2) is 14.3. The van der Waals surface area contributed by atoms with Crippen LogP contribution in [0.25, 0.3) is 11.4 Å². The number of rotatable bonds is 15. The van der Waals surface area contributed by atoms with Gasteiger partial charge in [-0.05, 0) is 49.6 Å². The fourth-order valence-corrected chi connectivity index (χ4v) is 3.97. The zero-order valence-corrected chi connectivity index (χ0v) is 22.4. The van der Waals surface area contributed by atoms with Crippen molar-refractivity contribution in [3.05, 3.63) is 52.6 Å². The molecule has 0 saturated carbocycles. The summed E-state index contributed by atoms with van der Waals surface area (Å²) in [6, 6.07) is 9.99. The second-order valence-corrected chi connectivity index (χ2v) is 8.59. The summed E-state index contributed by atoms with van der Waals surface area (Å²) in [4.78, 5) is 14.1. The number of nitrogens with one attached hydrogen (secondary N) is 2. The first-order chi connectivity index (χ1) is 17.9. The Morgan fingerprint density at radius 1 is 0.730 bits per heavy atom. The number of methoxy groups -OCH3 is 2. The molecule has 0 bridgehead atoms. The summed E-state index contributed by atoms with van der Waals surface area (Å²) in [5.74, 6) is 2.97. The van der Waals surface area contributed by atoms with E-state index >= 15 is 0 Å². The maximum absolute atomic E-state index is 5.61. The van der Waals surface area contributed by atoms with E-state index in [2.05, 4.69) is 48.5 Å². The number of ether oxygens (including phenoxy) is 4. The molecule has 0 fully saturated rings. The predicted molar refractivity (Wildman–Crippen MR) is 146 cm³/mol. The molecular formula is C27H38N6O4. The number of hydrogen-bond acceptors (Lipinski definition) is 10. The Bertz CT molecular complexity index is 1110. The average Bonchev–Trinajstić information content (AvgIpc) is 2.88. The minimum atomic E-state index is 0.463. The van der Waals surface area contributed by atoms with Crippen molar-refractivity contribution in [1.29, 1.82) is 0 Å². The lowest BCUT2D eigenvalue weighted by Crippen LogP contribution is -2.16. The first-order valence-corrected chi connectivity index (χ1v) is 12.3. The molecule has 0 saturated heterocycles. The maximum Gasteiger partial charge on any atom is 0.228 e. The molecule has 2 aromatic carbocycles. The van der Waals surface area contributed by atoms with Gasteiger partial charge in [0.15, 0.2) is 5.82 Å². The van der Waals surface area contributed by atoms with Crippen LogP contribution in [0.5, 0.6) is 11.5 Å². The standard InChI is InChI=1S/C27H38N6O4/c1-18-12-19(2)24(20(3)13-18)25-31-26(29-7-9-37-11-10-36-8-6-28)33-27(32-25)30-17-21-14-22(34-4)16-23(15-21)35-5/h12-16H,6-11,17,28H2,1-5H3,(H2,29,30,31,32,33). The molecule has 37 heavy (non-hydrogen) atoms. The molecule has 200 valence electrons. The fourth-order valence-electron chi connectivity index (χ4n) is 3.97. The zero-order chi connectivity index (χ0) is 26.6. The molecule has 0 aliphatic heterocycles. The molecule has 0 radical (unpaired) electrons. The second-order valence-electron chi connectivity index (χ2n) is 8.59. The minimum Gasteiger partial charge on any atom is -0.497 e. The number of benzene rings is 2. The summed E-state index contributed by atoms with van der Waals surface area (Å²) < 4.78 is 21.7. The van der Waals surface area contributed by atoms with E-state index in [0.29, 0.717) is 75.3 Å². The van der Waals surface area contributed by atoms with Crippen molar-refractivity contribution in [2.24, 2.45) is 5.73 Å². The average molecular weight is 511 g/mol. The Morgan fingerprint density at radius 2 is 1.32 bits per heavy atom. The van der Waals surface area contributed by atoms with Gasteiger partial charge in [0.1, 0.15) is 11.5 Å². The van der Waals surface area contributed by atoms with E-state index < -0.39 is 0 Å². The third-order valence-electron chi connectivity index (χ3n) is 5.56. The molecule has 0 unspecified atom stereocenters. The van der Waals surface area contributed by atoms with E-state index in [9.17, 15) is 0 Å². The van der Waals surface area contributed by atoms with Gasteiger partial charge in [0.25, 0.3) is 0 Å². The number of anilines is 2. The van der Waals surface area contributed by atoms with Gasteiger partial charge in [-0.2, -0.15) is 15.0 Å². The van der Waals surface area contributed by atoms with Crippen molar-refractivity contribution in [3.8, 4) is 22.9 Å². The van der Waals surface area contributed by atoms with Gasteiger partial charge in [-0.1, -0.05) is 17.7 Å². The number of aromatic nitrogens is 3. The summed E-state index contributed by atoms with van der Waals surface area (Å²) in [6.07, 6.45) is 0. The third kappa shape index (κ3) is 8.56. The van der Waals surface area contributed by atoms with Crippen LogP contribution in [0.4, 0.5) is 11.9 Å². The third-order valence-corrected chi connectivity index (χ3v) is 5.56. The zero-order valence-electron chi connectivity index (χ0n) is 22.4. The summed E-state index contributed by atoms with van der Waals surface area (Å²) in [7, 11) is 3.26. The molecule has 0 amide bonds. The smallest absolute Gasteiger partial charge is 0.228 e. The van der Waals surface area contributed by atoms with Gasteiger partial charge in [-0.15, -0.1) is 0 Å². The van der Waals surface area contributed by atoms with E-state index in [1.807, 2.05) is 18.2 Å². The molecule has 10 heteroatoms. The van der Waals surface area contributed by atoms with Crippen LogP contribution in [0.1, 0.15) is 22.3 Å². The summed E-state index contributed by atoms with van der Waals surface area (Å²) in [5, 5.41) is 6.58. The Hall–Kier alpha value is -3.47. The van der Waals surface area contributed by atoms with Crippen molar-refractivity contribution < 1.29 is 18.9 Å². The first-order valence-electron chi connectivity index (χ1n) is 12.3. The number of nitrogens with zero attached hydrogens (tertiary/aromatic N) is 3. The lowest BCUT2D eigenvalue weighted by atomic mass is 9.99. The van der Waals surface area contributed by atoms with E-state index in [1.165, 1.54) is 5.56 Å². The van der Waals surface area contributed by atoms with Crippen molar-refractivity contribution >= 4 is 11.9 Å². The van der Waals surface area contributed by atoms with Crippen LogP contribution in [0.3, 0.4) is 0 Å². The molecule has 4 N–H and O–H groups in total. The van der Waals surface area contributed by atoms with Crippen LogP contribution in [-0.4, -0.2) is 68.7 Å². The van der Waals surface area contributed by atoms with Gasteiger partial charge in [0, 0.05) is 31.3 Å². The molecule has 0 spiro atoms. The highest BCUT2D eigenvalue weighted by Gasteiger charge is 2.14. The van der Waals surface area contributed by atoms with Crippen LogP contribution in [0.2, 0.25) is 0 Å². The lowest BCUT2D eigenvalue weighted by molar-refractivity contribution is 0.0547. The van der Waals surface area contributed by atoms with E-state index in [1.54, 1.807) is 14.2 Å². The predicted octanol–water partition coefficient (Wildman–Crippen LogP) is 3.50. The maximum atomic E-state index is 5.61. The summed E-state index contributed by atoms with van der Waals surface area (Å²) >= 11 is 0. The topological polar surface area (TPSA) is 126 Å². The van der Waals surface area contributed by atoms with Gasteiger partial charge in [-0.25, -0.2) is 0 Å². The largest absolute Gasteiger partial charge is 0.497 e. The van der Waals surface area contributed by atoms with E-state index in [4.69, 9.17) is 34.6 Å². The van der Waals surface area contributed by atoms with E-state index in [-0.39, 0.29) is 0 Å². The Balaban J connectivity index is 1.78. The normalized spacial score (nSPS) is 10.9. The van der Waals surface area contributed by atoms with Crippen LogP contribution < -0.4 is 25.8 Å². The molecule has 10 nitrogen and oxygen atoms in total. The van der Waals surface area contributed by atoms with Crippen molar-refractivity contribution in [3.63, 3.8) is 0 Å². The fraction of sp³-hybridized carbons (Fsp3) is 0.444. The molecule has 1 heterocycles. The van der Waals surface area contributed by atoms with Crippen molar-refractivity contribution in [2.75, 3.05) is 64.4 Å². The molecule has 0 aliphatic rings. The summed E-state index contributed by atoms with van der Waals surface area (Å²) in [6.45, 7) is 9.79. The molecule has 1 aromatic heterocycles. The van der Waals surface area contributed by atoms with Crippen molar-refractivity contribution in [1.82, 2.24) is 15.0 Å². The van der Waals surface area contributed by atoms with Gasteiger partial charge in [0.05, 0.1) is 40.6 Å². The van der Waals surface area contributed by atoms with Crippen LogP contribution in [-0.2, 0) is 16.0 Å². The van der Waals surface area contributed by atoms with Crippen LogP contribution in [0, 0.1) is 20.8 Å². The monoisotopic (exact) mass is 510 g/mol. The van der Waals surface area contributed by atoms with Gasteiger partial charge in [0.2, 0.25) is 11.9 Å². The number of nitrogens with two attached hydrogens (primary N) is 1. The Labute approximate surface area is 218 Å². The Kier molecular flexibility index (Phi) is 10.9. The van der Waals surface area contributed by atoms with Gasteiger partial charge >= 0.3 is 0 Å². The minimum absolute atomic E-state index is 0.463. The molecule has 0 aliphatic carbocycles. The van der Waals surface area contributed by atoms with Crippen LogP contribution >= 0.6 is 0 Å². The highest BCUT2D eigenvalue weighted by Crippen LogP contribution is 2.27. The van der Waals surface area contributed by atoms with Crippen molar-refractivity contribution in [2.45, 2.75) is 27.3 Å². The highest BCUT2D eigenvalue weighted by molar-refractivity contribution is 5.67. The molecule has 3 aromatic rings. The number of hydrogen-bond donors (Lipinski definition) is 3. The number of aryl methyl sites for hydroxylation is 3. The van der Waals surface area contributed by atoms with Gasteiger partial charge < -0.3 is 35.3 Å². The molecule has 0 atom stereocenters. The SMILES string of the molecule is COc1cc(CNc2nc(NCCOCCOCCN)nc(-c3c(C)cc(C)cc3C)n2)cc(OC)c1. The first kappa shape index (κ1) is 28.1. The van der Waals surface area contributed by atoms with Crippen LogP contribution in [0.15, 0.2) is 30.3 Å². The van der Waals surface area contributed by atoms with Gasteiger partial charge in [-0.3, -0.25) is 0 Å². The quantitative estimate of drug-likeness (QED) is 0.262. The highest BCUT2D eigenvalue weighted by atomic mass is 16.5.